The molecule has 0 radical (unpaired) electrons. The molecule has 0 rings (SSSR count). The highest BCUT2D eigenvalue weighted by Gasteiger charge is 2.54. The van der Waals surface area contributed by atoms with Crippen molar-refractivity contribution in [2.24, 2.45) is 10.8 Å². The third-order valence-electron chi connectivity index (χ3n) is 3.13. The van der Waals surface area contributed by atoms with E-state index in [1.54, 1.807) is 0 Å². The number of allylic oxidation sites excluding steroid dienone is 2. The molecular formula is C12H16F6O2. The first-order valence-electron chi connectivity index (χ1n) is 5.53. The maximum absolute atomic E-state index is 12.8. The average Bonchev–Trinajstić information content (AvgIpc) is 2.21. The van der Waals surface area contributed by atoms with Crippen LogP contribution in [0.15, 0.2) is 11.8 Å². The molecule has 0 spiro atoms. The van der Waals surface area contributed by atoms with Crippen molar-refractivity contribution >= 4 is 5.78 Å². The summed E-state index contributed by atoms with van der Waals surface area (Å²) in [4.78, 5) is 11.6. The van der Waals surface area contributed by atoms with Gasteiger partial charge in [0.1, 0.15) is 16.6 Å². The molecule has 0 saturated carbocycles. The van der Waals surface area contributed by atoms with Crippen LogP contribution in [0, 0.1) is 10.8 Å². The van der Waals surface area contributed by atoms with Gasteiger partial charge in [0.05, 0.1) is 7.11 Å². The lowest BCUT2D eigenvalue weighted by atomic mass is 9.83. The second kappa shape index (κ2) is 5.29. The molecule has 0 aromatic rings. The molecule has 118 valence electrons. The van der Waals surface area contributed by atoms with Gasteiger partial charge in [-0.1, -0.05) is 0 Å². The molecule has 0 saturated heterocycles. The number of alkyl halides is 6. The summed E-state index contributed by atoms with van der Waals surface area (Å²) in [5.41, 5.74) is -5.36. The molecule has 0 aromatic heterocycles. The van der Waals surface area contributed by atoms with Crippen molar-refractivity contribution in [1.82, 2.24) is 0 Å². The van der Waals surface area contributed by atoms with Crippen molar-refractivity contribution in [3.05, 3.63) is 11.8 Å². The summed E-state index contributed by atoms with van der Waals surface area (Å²) in [6.07, 6.45) is -9.37. The van der Waals surface area contributed by atoms with E-state index in [0.29, 0.717) is 13.8 Å². The van der Waals surface area contributed by atoms with Crippen LogP contribution in [0.3, 0.4) is 0 Å². The van der Waals surface area contributed by atoms with Crippen LogP contribution in [0.1, 0.15) is 27.7 Å². The topological polar surface area (TPSA) is 26.3 Å². The Kier molecular flexibility index (Phi) is 4.97. The molecule has 0 N–H and O–H groups in total. The summed E-state index contributed by atoms with van der Waals surface area (Å²) in [5, 5.41) is 0. The standard InChI is InChI=1S/C12H16F6O2/c1-9(2,11(13,14)15)7(19)6-8(20-5)10(3,4)12(16,17)18/h6H,1-5H3/b8-6-. The highest BCUT2D eigenvalue weighted by molar-refractivity contribution is 5.95. The molecule has 0 amide bonds. The summed E-state index contributed by atoms with van der Waals surface area (Å²) < 4.78 is 80.8. The molecule has 0 aliphatic heterocycles. The Balaban J connectivity index is 5.67. The zero-order chi connectivity index (χ0) is 16.6. The summed E-state index contributed by atoms with van der Waals surface area (Å²) >= 11 is 0. The summed E-state index contributed by atoms with van der Waals surface area (Å²) in [5.74, 6) is -2.37. The van der Waals surface area contributed by atoms with E-state index in [9.17, 15) is 31.1 Å². The second-order valence-electron chi connectivity index (χ2n) is 5.32. The van der Waals surface area contributed by atoms with E-state index in [1.807, 2.05) is 0 Å². The lowest BCUT2D eigenvalue weighted by Crippen LogP contribution is -2.40. The van der Waals surface area contributed by atoms with E-state index >= 15 is 0 Å². The average molecular weight is 306 g/mol. The quantitative estimate of drug-likeness (QED) is 0.440. The van der Waals surface area contributed by atoms with Crippen LogP contribution in [-0.4, -0.2) is 25.2 Å². The Morgan fingerprint density at radius 1 is 0.850 bits per heavy atom. The SMILES string of the molecule is CO/C(=C\C(=O)C(C)(C)C(F)(F)F)C(C)(C)C(F)(F)F. The highest BCUT2D eigenvalue weighted by atomic mass is 19.4. The molecule has 8 heteroatoms. The van der Waals surface area contributed by atoms with Gasteiger partial charge in [0, 0.05) is 6.08 Å². The van der Waals surface area contributed by atoms with Gasteiger partial charge in [-0.15, -0.1) is 0 Å². The van der Waals surface area contributed by atoms with Crippen molar-refractivity contribution in [1.29, 1.82) is 0 Å². The number of rotatable bonds is 4. The second-order valence-corrected chi connectivity index (χ2v) is 5.32. The van der Waals surface area contributed by atoms with Gasteiger partial charge in [-0.25, -0.2) is 0 Å². The van der Waals surface area contributed by atoms with Crippen molar-refractivity contribution in [3.8, 4) is 0 Å². The zero-order valence-corrected chi connectivity index (χ0v) is 11.7. The summed E-state index contributed by atoms with van der Waals surface area (Å²) in [7, 11) is 0.868. The molecule has 0 atom stereocenters. The molecule has 0 aliphatic carbocycles. The van der Waals surface area contributed by atoms with Crippen molar-refractivity contribution in [3.63, 3.8) is 0 Å². The first kappa shape index (κ1) is 18.8. The van der Waals surface area contributed by atoms with Crippen molar-refractivity contribution in [2.45, 2.75) is 40.0 Å². The largest absolute Gasteiger partial charge is 0.500 e. The van der Waals surface area contributed by atoms with Crippen LogP contribution >= 0.6 is 0 Å². The number of hydrogen-bond acceptors (Lipinski definition) is 2. The lowest BCUT2D eigenvalue weighted by Gasteiger charge is -2.30. The Hall–Kier alpha value is -1.21. The minimum atomic E-state index is -4.87. The number of halogens is 6. The van der Waals surface area contributed by atoms with Crippen LogP contribution in [0.25, 0.3) is 0 Å². The van der Waals surface area contributed by atoms with Gasteiger partial charge in [0.2, 0.25) is 0 Å². The normalized spacial score (nSPS) is 15.2. The minimum Gasteiger partial charge on any atom is -0.500 e. The zero-order valence-electron chi connectivity index (χ0n) is 11.7. The van der Waals surface area contributed by atoms with E-state index in [2.05, 4.69) is 4.74 Å². The van der Waals surface area contributed by atoms with E-state index in [0.717, 1.165) is 21.0 Å². The van der Waals surface area contributed by atoms with Gasteiger partial charge in [0.15, 0.2) is 5.78 Å². The van der Waals surface area contributed by atoms with Crippen LogP contribution in [0.2, 0.25) is 0 Å². The molecule has 0 bridgehead atoms. The van der Waals surface area contributed by atoms with E-state index in [-0.39, 0.29) is 6.08 Å². The van der Waals surface area contributed by atoms with Gasteiger partial charge in [-0.05, 0) is 27.7 Å². The highest BCUT2D eigenvalue weighted by Crippen LogP contribution is 2.45. The molecule has 20 heavy (non-hydrogen) atoms. The number of ether oxygens (including phenoxy) is 1. The number of ketones is 1. The maximum Gasteiger partial charge on any atom is 0.401 e. The first-order chi connectivity index (χ1) is 8.59. The number of methoxy groups -OCH3 is 1. The molecular weight excluding hydrogens is 290 g/mol. The third-order valence-corrected chi connectivity index (χ3v) is 3.13. The molecule has 0 aromatic carbocycles. The van der Waals surface area contributed by atoms with Gasteiger partial charge < -0.3 is 4.74 Å². The monoisotopic (exact) mass is 306 g/mol. The first-order valence-corrected chi connectivity index (χ1v) is 5.53. The fraction of sp³-hybridized carbons (Fsp3) is 0.750. The van der Waals surface area contributed by atoms with Gasteiger partial charge in [0.25, 0.3) is 0 Å². The summed E-state index contributed by atoms with van der Waals surface area (Å²) in [6.45, 7) is 2.63. The Bertz CT molecular complexity index is 401. The number of hydrogen-bond donors (Lipinski definition) is 0. The smallest absolute Gasteiger partial charge is 0.401 e. The summed E-state index contributed by atoms with van der Waals surface area (Å²) in [6, 6.07) is 0. The van der Waals surface area contributed by atoms with Crippen LogP contribution in [-0.2, 0) is 9.53 Å². The molecule has 0 fully saturated rings. The fourth-order valence-electron chi connectivity index (χ4n) is 1.07. The van der Waals surface area contributed by atoms with Crippen molar-refractivity contribution in [2.75, 3.05) is 7.11 Å². The van der Waals surface area contributed by atoms with Crippen LogP contribution < -0.4 is 0 Å². The lowest BCUT2D eigenvalue weighted by molar-refractivity contribution is -0.210. The van der Waals surface area contributed by atoms with Crippen LogP contribution in [0.5, 0.6) is 0 Å². The fourth-order valence-corrected chi connectivity index (χ4v) is 1.07. The molecule has 0 aliphatic rings. The number of carbonyl (C=O) groups is 1. The predicted octanol–water partition coefficient (Wildman–Crippen LogP) is 4.26. The maximum atomic E-state index is 12.8. The van der Waals surface area contributed by atoms with Crippen molar-refractivity contribution < 1.29 is 35.9 Å². The van der Waals surface area contributed by atoms with Gasteiger partial charge in [-0.2, -0.15) is 26.3 Å². The Labute approximate surface area is 112 Å². The third kappa shape index (κ3) is 3.46. The molecule has 0 unspecified atom stereocenters. The number of carbonyl (C=O) groups excluding carboxylic acids is 1. The van der Waals surface area contributed by atoms with Crippen LogP contribution in [0.4, 0.5) is 26.3 Å². The van der Waals surface area contributed by atoms with E-state index in [1.165, 1.54) is 0 Å². The Morgan fingerprint density at radius 3 is 1.45 bits per heavy atom. The predicted molar refractivity (Wildman–Crippen MR) is 59.8 cm³/mol. The molecule has 2 nitrogen and oxygen atoms in total. The Morgan fingerprint density at radius 2 is 1.20 bits per heavy atom. The minimum absolute atomic E-state index is 0.265. The van der Waals surface area contributed by atoms with Gasteiger partial charge >= 0.3 is 12.4 Å². The van der Waals surface area contributed by atoms with E-state index in [4.69, 9.17) is 0 Å². The molecule has 0 heterocycles. The van der Waals surface area contributed by atoms with E-state index < -0.39 is 34.7 Å². The van der Waals surface area contributed by atoms with Gasteiger partial charge in [-0.3, -0.25) is 4.79 Å².